The van der Waals surface area contributed by atoms with Gasteiger partial charge < -0.3 is 15.0 Å². The number of carbonyl (C=O) groups excluding carboxylic acids is 2. The summed E-state index contributed by atoms with van der Waals surface area (Å²) in [6, 6.07) is 5.83. The molecule has 0 aliphatic carbocycles. The number of sulfonamides is 1. The second kappa shape index (κ2) is 10.1. The van der Waals surface area contributed by atoms with Gasteiger partial charge in [-0.15, -0.1) is 11.3 Å². The molecule has 174 valence electrons. The number of ether oxygens (including phenoxy) is 1. The predicted molar refractivity (Wildman–Crippen MR) is 125 cm³/mol. The van der Waals surface area contributed by atoms with E-state index < -0.39 is 21.9 Å². The van der Waals surface area contributed by atoms with Crippen molar-refractivity contribution >= 4 is 38.2 Å². The second-order valence-electron chi connectivity index (χ2n) is 7.85. The number of methoxy groups -OCH3 is 1. The maximum absolute atomic E-state index is 12.9. The lowest BCUT2D eigenvalue weighted by atomic mass is 10.0. The van der Waals surface area contributed by atoms with E-state index in [1.807, 2.05) is 14.0 Å². The molecule has 0 unspecified atom stereocenters. The van der Waals surface area contributed by atoms with Crippen LogP contribution in [-0.2, 0) is 27.7 Å². The van der Waals surface area contributed by atoms with Gasteiger partial charge in [0.1, 0.15) is 5.00 Å². The number of hydrogen-bond acceptors (Lipinski definition) is 7. The molecule has 0 saturated carbocycles. The van der Waals surface area contributed by atoms with E-state index in [-0.39, 0.29) is 4.90 Å². The van der Waals surface area contributed by atoms with Crippen molar-refractivity contribution in [3.05, 3.63) is 45.8 Å². The maximum Gasteiger partial charge on any atom is 0.341 e. The summed E-state index contributed by atoms with van der Waals surface area (Å²) < 4.78 is 31.6. The Hall–Kier alpha value is -2.27. The highest BCUT2D eigenvalue weighted by molar-refractivity contribution is 7.89. The van der Waals surface area contributed by atoms with E-state index in [4.69, 9.17) is 4.74 Å². The van der Waals surface area contributed by atoms with Crippen LogP contribution in [0.2, 0.25) is 0 Å². The first kappa shape index (κ1) is 24.4. The first-order valence-corrected chi connectivity index (χ1v) is 12.7. The van der Waals surface area contributed by atoms with Crippen molar-refractivity contribution in [2.24, 2.45) is 0 Å². The highest BCUT2D eigenvalue weighted by Crippen LogP contribution is 2.37. The molecule has 1 aromatic carbocycles. The topological polar surface area (TPSA) is 96.0 Å². The van der Waals surface area contributed by atoms with Crippen molar-refractivity contribution in [2.75, 3.05) is 39.6 Å². The fourth-order valence-electron chi connectivity index (χ4n) is 3.57. The molecule has 2 aromatic rings. The molecular weight excluding hydrogens is 450 g/mol. The Morgan fingerprint density at radius 3 is 2.56 bits per heavy atom. The lowest BCUT2D eigenvalue weighted by Crippen LogP contribution is -2.28. The standard InChI is InChI=1S/C22H29N3O5S2/c1-5-6-12-25(3)32(28,29)16-9-7-15(8-10-16)20(26)23-21-19(22(27)30-4)17-11-13-24(2)14-18(17)31-21/h7-10H,5-6,11-14H2,1-4H3,(H,23,26). The number of esters is 1. The molecule has 8 nitrogen and oxygen atoms in total. The molecule has 1 amide bonds. The third-order valence-electron chi connectivity index (χ3n) is 5.52. The van der Waals surface area contributed by atoms with Gasteiger partial charge in [-0.1, -0.05) is 13.3 Å². The molecule has 0 atom stereocenters. The van der Waals surface area contributed by atoms with E-state index in [0.29, 0.717) is 35.6 Å². The van der Waals surface area contributed by atoms with E-state index in [1.165, 1.54) is 47.0 Å². The van der Waals surface area contributed by atoms with Gasteiger partial charge in [-0.2, -0.15) is 0 Å². The van der Waals surface area contributed by atoms with E-state index in [2.05, 4.69) is 10.2 Å². The summed E-state index contributed by atoms with van der Waals surface area (Å²) in [6.07, 6.45) is 2.38. The highest BCUT2D eigenvalue weighted by atomic mass is 32.2. The Morgan fingerprint density at radius 2 is 1.94 bits per heavy atom. The Kier molecular flexibility index (Phi) is 7.71. The smallest absolute Gasteiger partial charge is 0.341 e. The highest BCUT2D eigenvalue weighted by Gasteiger charge is 2.28. The quantitative estimate of drug-likeness (QED) is 0.584. The minimum atomic E-state index is -3.60. The monoisotopic (exact) mass is 479 g/mol. The summed E-state index contributed by atoms with van der Waals surface area (Å²) in [7, 11) is 1.28. The number of anilines is 1. The van der Waals surface area contributed by atoms with Crippen LogP contribution >= 0.6 is 11.3 Å². The van der Waals surface area contributed by atoms with Gasteiger partial charge >= 0.3 is 5.97 Å². The van der Waals surface area contributed by atoms with Gasteiger partial charge in [0.25, 0.3) is 5.91 Å². The summed E-state index contributed by atoms with van der Waals surface area (Å²) in [5.74, 6) is -0.885. The van der Waals surface area contributed by atoms with Crippen molar-refractivity contribution in [3.8, 4) is 0 Å². The zero-order valence-corrected chi connectivity index (χ0v) is 20.4. The molecule has 32 heavy (non-hydrogen) atoms. The molecule has 2 heterocycles. The number of nitrogens with zero attached hydrogens (tertiary/aromatic N) is 2. The van der Waals surface area contributed by atoms with Crippen molar-refractivity contribution in [2.45, 2.75) is 37.6 Å². The number of hydrogen-bond donors (Lipinski definition) is 1. The molecule has 3 rings (SSSR count). The first-order chi connectivity index (χ1) is 15.2. The molecule has 0 spiro atoms. The van der Waals surface area contributed by atoms with Gasteiger partial charge in [0.15, 0.2) is 0 Å². The van der Waals surface area contributed by atoms with Gasteiger partial charge in [-0.05, 0) is 49.7 Å². The third-order valence-corrected chi connectivity index (χ3v) is 8.52. The molecule has 1 aromatic heterocycles. The summed E-state index contributed by atoms with van der Waals surface area (Å²) in [4.78, 5) is 28.6. The Labute approximate surface area is 193 Å². The predicted octanol–water partition coefficient (Wildman–Crippen LogP) is 3.20. The minimum Gasteiger partial charge on any atom is -0.465 e. The maximum atomic E-state index is 12.9. The first-order valence-electron chi connectivity index (χ1n) is 10.5. The minimum absolute atomic E-state index is 0.137. The average molecular weight is 480 g/mol. The summed E-state index contributed by atoms with van der Waals surface area (Å²) in [5, 5.41) is 3.28. The van der Waals surface area contributed by atoms with E-state index in [9.17, 15) is 18.0 Å². The molecule has 1 aliphatic rings. The number of carbonyl (C=O) groups is 2. The summed E-state index contributed by atoms with van der Waals surface area (Å²) in [6.45, 7) is 3.97. The molecule has 10 heteroatoms. The van der Waals surface area contributed by atoms with E-state index >= 15 is 0 Å². The number of rotatable bonds is 8. The van der Waals surface area contributed by atoms with E-state index in [0.717, 1.165) is 29.8 Å². The largest absolute Gasteiger partial charge is 0.465 e. The third kappa shape index (κ3) is 5.03. The van der Waals surface area contributed by atoms with Gasteiger partial charge in [-0.3, -0.25) is 4.79 Å². The Balaban J connectivity index is 1.82. The van der Waals surface area contributed by atoms with Crippen LogP contribution in [-0.4, -0.2) is 63.8 Å². The number of benzene rings is 1. The molecule has 0 bridgehead atoms. The number of thiophene rings is 1. The Morgan fingerprint density at radius 1 is 1.25 bits per heavy atom. The number of fused-ring (bicyclic) bond motifs is 1. The van der Waals surface area contributed by atoms with Crippen molar-refractivity contribution in [1.29, 1.82) is 0 Å². The number of likely N-dealkylation sites (N-methyl/N-ethyl adjacent to an activating group) is 1. The van der Waals surface area contributed by atoms with Crippen LogP contribution in [0.5, 0.6) is 0 Å². The van der Waals surface area contributed by atoms with Crippen LogP contribution in [0.4, 0.5) is 5.00 Å². The van der Waals surface area contributed by atoms with Crippen molar-refractivity contribution < 1.29 is 22.7 Å². The SMILES string of the molecule is CCCCN(C)S(=O)(=O)c1ccc(C(=O)Nc2sc3c(c2C(=O)OC)CCN(C)C3)cc1. The normalized spacial score (nSPS) is 14.3. The molecule has 0 radical (unpaired) electrons. The number of nitrogens with one attached hydrogen (secondary N) is 1. The fourth-order valence-corrected chi connectivity index (χ4v) is 6.09. The zero-order valence-electron chi connectivity index (χ0n) is 18.8. The van der Waals surface area contributed by atoms with Gasteiger partial charge in [0.2, 0.25) is 10.0 Å². The van der Waals surface area contributed by atoms with Gasteiger partial charge in [0.05, 0.1) is 17.6 Å². The fraction of sp³-hybridized carbons (Fsp3) is 0.455. The van der Waals surface area contributed by atoms with Crippen LogP contribution in [0.25, 0.3) is 0 Å². The lowest BCUT2D eigenvalue weighted by Gasteiger charge is -2.22. The van der Waals surface area contributed by atoms with Crippen LogP contribution < -0.4 is 5.32 Å². The second-order valence-corrected chi connectivity index (χ2v) is 11.0. The molecule has 0 fully saturated rings. The number of unbranched alkanes of at least 4 members (excludes halogenated alkanes) is 1. The van der Waals surface area contributed by atoms with Crippen molar-refractivity contribution in [3.63, 3.8) is 0 Å². The zero-order chi connectivity index (χ0) is 23.5. The number of amides is 1. The lowest BCUT2D eigenvalue weighted by molar-refractivity contribution is 0.0600. The average Bonchev–Trinajstić information content (AvgIpc) is 3.13. The molecular formula is C22H29N3O5S2. The molecule has 1 N–H and O–H groups in total. The van der Waals surface area contributed by atoms with Gasteiger partial charge in [-0.25, -0.2) is 17.5 Å². The summed E-state index contributed by atoms with van der Waals surface area (Å²) in [5.41, 5.74) is 1.64. The summed E-state index contributed by atoms with van der Waals surface area (Å²) >= 11 is 1.37. The van der Waals surface area contributed by atoms with Gasteiger partial charge in [0, 0.05) is 37.1 Å². The van der Waals surface area contributed by atoms with Crippen LogP contribution in [0, 0.1) is 0 Å². The molecule has 0 saturated heterocycles. The van der Waals surface area contributed by atoms with E-state index in [1.54, 1.807) is 7.05 Å². The van der Waals surface area contributed by atoms with Crippen LogP contribution in [0.3, 0.4) is 0 Å². The van der Waals surface area contributed by atoms with Crippen LogP contribution in [0.15, 0.2) is 29.2 Å². The van der Waals surface area contributed by atoms with Crippen molar-refractivity contribution in [1.82, 2.24) is 9.21 Å². The van der Waals surface area contributed by atoms with Crippen LogP contribution in [0.1, 0.15) is 50.9 Å². The molecule has 1 aliphatic heterocycles. The Bertz CT molecular complexity index is 1090.